The van der Waals surface area contributed by atoms with E-state index >= 15 is 0 Å². The molecule has 0 amide bonds. The average molecular weight is 192 g/mol. The molecule has 0 fully saturated rings. The summed E-state index contributed by atoms with van der Waals surface area (Å²) in [4.78, 5) is 10.9. The van der Waals surface area contributed by atoms with Crippen LogP contribution in [0.1, 0.15) is 48.2 Å². The fourth-order valence-corrected chi connectivity index (χ4v) is 1.47. The van der Waals surface area contributed by atoms with Crippen LogP contribution in [0.15, 0.2) is 18.2 Å². The van der Waals surface area contributed by atoms with Crippen LogP contribution in [0.3, 0.4) is 0 Å². The lowest BCUT2D eigenvalue weighted by molar-refractivity contribution is 0.0695. The zero-order chi connectivity index (χ0) is 10.7. The Bertz CT molecular complexity index is 340. The number of hydrogen-bond donors (Lipinski definition) is 1. The minimum atomic E-state index is -0.836. The first-order valence-electron chi connectivity index (χ1n) is 4.92. The van der Waals surface area contributed by atoms with E-state index in [0.717, 1.165) is 12.0 Å². The summed E-state index contributed by atoms with van der Waals surface area (Å²) in [6.45, 7) is 6.19. The maximum Gasteiger partial charge on any atom is 0.335 e. The van der Waals surface area contributed by atoms with Crippen LogP contribution >= 0.6 is 0 Å². The normalized spacial score (nSPS) is 10.6. The molecule has 0 aliphatic carbocycles. The van der Waals surface area contributed by atoms with Gasteiger partial charge in [0, 0.05) is 0 Å². The quantitative estimate of drug-likeness (QED) is 0.799. The molecule has 0 heterocycles. The number of carbonyl (C=O) groups is 1. The Morgan fingerprint density at radius 3 is 2.50 bits per heavy atom. The van der Waals surface area contributed by atoms with Gasteiger partial charge in [-0.1, -0.05) is 32.9 Å². The Morgan fingerprint density at radius 1 is 1.43 bits per heavy atom. The topological polar surface area (TPSA) is 37.3 Å². The zero-order valence-corrected chi connectivity index (χ0v) is 8.87. The van der Waals surface area contributed by atoms with E-state index in [4.69, 9.17) is 5.11 Å². The van der Waals surface area contributed by atoms with Gasteiger partial charge in [0.05, 0.1) is 5.56 Å². The van der Waals surface area contributed by atoms with Crippen molar-refractivity contribution in [1.29, 1.82) is 0 Å². The van der Waals surface area contributed by atoms with Gasteiger partial charge in [0.25, 0.3) is 0 Å². The van der Waals surface area contributed by atoms with Gasteiger partial charge in [0.15, 0.2) is 0 Å². The Kier molecular flexibility index (Phi) is 3.28. The number of aryl methyl sites for hydroxylation is 1. The van der Waals surface area contributed by atoms with Crippen molar-refractivity contribution >= 4 is 5.97 Å². The van der Waals surface area contributed by atoms with E-state index in [1.165, 1.54) is 5.56 Å². The minimum absolute atomic E-state index is 0.428. The van der Waals surface area contributed by atoms with E-state index in [-0.39, 0.29) is 0 Å². The second-order valence-electron chi connectivity index (χ2n) is 3.73. The van der Waals surface area contributed by atoms with E-state index in [1.54, 1.807) is 6.07 Å². The number of carboxylic acid groups (broad SMARTS) is 1. The first-order chi connectivity index (χ1) is 6.56. The van der Waals surface area contributed by atoms with Crippen LogP contribution in [0.2, 0.25) is 0 Å². The Balaban J connectivity index is 3.18. The highest BCUT2D eigenvalue weighted by molar-refractivity contribution is 5.89. The summed E-state index contributed by atoms with van der Waals surface area (Å²) in [6, 6.07) is 5.60. The molecular formula is C12H16O2. The summed E-state index contributed by atoms with van der Waals surface area (Å²) in [5.74, 6) is -0.389. The third-order valence-corrected chi connectivity index (χ3v) is 2.41. The highest BCUT2D eigenvalue weighted by atomic mass is 16.4. The van der Waals surface area contributed by atoms with Gasteiger partial charge in [-0.3, -0.25) is 0 Å². The van der Waals surface area contributed by atoms with E-state index < -0.39 is 5.97 Å². The van der Waals surface area contributed by atoms with Crippen molar-refractivity contribution in [3.63, 3.8) is 0 Å². The van der Waals surface area contributed by atoms with E-state index in [9.17, 15) is 4.79 Å². The summed E-state index contributed by atoms with van der Waals surface area (Å²) >= 11 is 0. The Hall–Kier alpha value is -1.31. The smallest absolute Gasteiger partial charge is 0.335 e. The van der Waals surface area contributed by atoms with Crippen molar-refractivity contribution in [2.75, 3.05) is 0 Å². The van der Waals surface area contributed by atoms with Crippen molar-refractivity contribution in [1.82, 2.24) is 0 Å². The Labute approximate surface area is 84.6 Å². The van der Waals surface area contributed by atoms with Crippen molar-refractivity contribution in [3.05, 3.63) is 34.9 Å². The standard InChI is InChI=1S/C12H16O2/c1-4-9-7-10(8(2)3)5-6-11(9)12(13)14/h5-8H,4H2,1-3H3,(H,13,14). The molecule has 0 saturated carbocycles. The molecule has 0 spiro atoms. The molecule has 76 valence electrons. The maximum absolute atomic E-state index is 10.9. The number of benzene rings is 1. The monoisotopic (exact) mass is 192 g/mol. The van der Waals surface area contributed by atoms with Crippen LogP contribution in [0.4, 0.5) is 0 Å². The van der Waals surface area contributed by atoms with E-state index in [1.807, 2.05) is 19.1 Å². The molecule has 2 nitrogen and oxygen atoms in total. The first-order valence-corrected chi connectivity index (χ1v) is 4.92. The summed E-state index contributed by atoms with van der Waals surface area (Å²) in [5, 5.41) is 8.93. The minimum Gasteiger partial charge on any atom is -0.478 e. The van der Waals surface area contributed by atoms with Crippen LogP contribution in [-0.4, -0.2) is 11.1 Å². The van der Waals surface area contributed by atoms with Crippen LogP contribution in [0, 0.1) is 0 Å². The lowest BCUT2D eigenvalue weighted by Gasteiger charge is -2.09. The number of rotatable bonds is 3. The highest BCUT2D eigenvalue weighted by Crippen LogP contribution is 2.19. The number of carboxylic acids is 1. The SMILES string of the molecule is CCc1cc(C(C)C)ccc1C(=O)O. The van der Waals surface area contributed by atoms with Gasteiger partial charge in [-0.15, -0.1) is 0 Å². The lowest BCUT2D eigenvalue weighted by Crippen LogP contribution is -2.03. The lowest BCUT2D eigenvalue weighted by atomic mass is 9.96. The zero-order valence-electron chi connectivity index (χ0n) is 8.87. The van der Waals surface area contributed by atoms with Crippen molar-refractivity contribution < 1.29 is 9.90 Å². The predicted octanol–water partition coefficient (Wildman–Crippen LogP) is 3.07. The summed E-state index contributed by atoms with van der Waals surface area (Å²) in [5.41, 5.74) is 2.55. The second-order valence-corrected chi connectivity index (χ2v) is 3.73. The summed E-state index contributed by atoms with van der Waals surface area (Å²) in [7, 11) is 0. The average Bonchev–Trinajstić information content (AvgIpc) is 2.16. The van der Waals surface area contributed by atoms with Crippen LogP contribution in [0.5, 0.6) is 0 Å². The third-order valence-electron chi connectivity index (χ3n) is 2.41. The molecular weight excluding hydrogens is 176 g/mol. The molecule has 14 heavy (non-hydrogen) atoms. The van der Waals surface area contributed by atoms with Crippen molar-refractivity contribution in [2.45, 2.75) is 33.1 Å². The predicted molar refractivity (Wildman–Crippen MR) is 56.9 cm³/mol. The molecule has 0 aliphatic heterocycles. The second kappa shape index (κ2) is 4.27. The van der Waals surface area contributed by atoms with Crippen molar-refractivity contribution in [2.24, 2.45) is 0 Å². The third kappa shape index (κ3) is 2.13. The van der Waals surface area contributed by atoms with E-state index in [0.29, 0.717) is 11.5 Å². The molecule has 1 N–H and O–H groups in total. The van der Waals surface area contributed by atoms with Crippen LogP contribution in [-0.2, 0) is 6.42 Å². The van der Waals surface area contributed by atoms with Gasteiger partial charge in [0.2, 0.25) is 0 Å². The molecule has 0 bridgehead atoms. The van der Waals surface area contributed by atoms with Gasteiger partial charge in [-0.05, 0) is 29.5 Å². The summed E-state index contributed by atoms with van der Waals surface area (Å²) in [6.07, 6.45) is 0.766. The molecule has 0 atom stereocenters. The highest BCUT2D eigenvalue weighted by Gasteiger charge is 2.10. The molecule has 0 aromatic heterocycles. The van der Waals surface area contributed by atoms with Gasteiger partial charge in [-0.25, -0.2) is 4.79 Å². The molecule has 1 rings (SSSR count). The molecule has 0 aliphatic rings. The molecule has 0 unspecified atom stereocenters. The number of hydrogen-bond acceptors (Lipinski definition) is 1. The molecule has 1 aromatic rings. The van der Waals surface area contributed by atoms with Gasteiger partial charge in [0.1, 0.15) is 0 Å². The maximum atomic E-state index is 10.9. The number of aromatic carboxylic acids is 1. The largest absolute Gasteiger partial charge is 0.478 e. The van der Waals surface area contributed by atoms with Crippen LogP contribution < -0.4 is 0 Å². The van der Waals surface area contributed by atoms with Crippen molar-refractivity contribution in [3.8, 4) is 0 Å². The van der Waals surface area contributed by atoms with Gasteiger partial charge < -0.3 is 5.11 Å². The van der Waals surface area contributed by atoms with Gasteiger partial charge >= 0.3 is 5.97 Å². The molecule has 2 heteroatoms. The van der Waals surface area contributed by atoms with E-state index in [2.05, 4.69) is 13.8 Å². The van der Waals surface area contributed by atoms with Crippen LogP contribution in [0.25, 0.3) is 0 Å². The fraction of sp³-hybridized carbons (Fsp3) is 0.417. The fourth-order valence-electron chi connectivity index (χ4n) is 1.47. The first kappa shape index (κ1) is 10.8. The molecule has 0 radical (unpaired) electrons. The molecule has 1 aromatic carbocycles. The summed E-state index contributed by atoms with van der Waals surface area (Å²) < 4.78 is 0. The molecule has 0 saturated heterocycles. The van der Waals surface area contributed by atoms with Gasteiger partial charge in [-0.2, -0.15) is 0 Å². The Morgan fingerprint density at radius 2 is 2.07 bits per heavy atom.